The van der Waals surface area contributed by atoms with Crippen LogP contribution < -0.4 is 11.1 Å². The van der Waals surface area contributed by atoms with Crippen molar-refractivity contribution in [2.45, 2.75) is 56.1 Å². The second-order valence-corrected chi connectivity index (χ2v) is 5.06. The normalized spacial score (nSPS) is 39.4. The Morgan fingerprint density at radius 2 is 1.90 bits per heavy atom. The predicted octanol–water partition coefficient (Wildman–Crippen LogP) is -3.91. The van der Waals surface area contributed by atoms with Crippen molar-refractivity contribution in [1.29, 1.82) is 0 Å². The fourth-order valence-corrected chi connectivity index (χ4v) is 2.16. The van der Waals surface area contributed by atoms with Crippen LogP contribution in [-0.4, -0.2) is 79.7 Å². The number of aliphatic carboxylic acids is 1. The summed E-state index contributed by atoms with van der Waals surface area (Å²) in [6, 6.07) is -3.08. The lowest BCUT2D eigenvalue weighted by atomic mass is 9.85. The Balaban J connectivity index is 3.19. The van der Waals surface area contributed by atoms with E-state index in [9.17, 15) is 30.0 Å². The highest BCUT2D eigenvalue weighted by Crippen LogP contribution is 2.29. The van der Waals surface area contributed by atoms with Crippen molar-refractivity contribution >= 4 is 11.9 Å². The molecule has 1 heterocycles. The Morgan fingerprint density at radius 3 is 2.29 bits per heavy atom. The summed E-state index contributed by atoms with van der Waals surface area (Å²) >= 11 is 0. The molecular formula is C11H20N2O8. The molecule has 1 fully saturated rings. The van der Waals surface area contributed by atoms with E-state index in [1.165, 1.54) is 6.92 Å². The highest BCUT2D eigenvalue weighted by atomic mass is 16.7. The van der Waals surface area contributed by atoms with Gasteiger partial charge in [0.1, 0.15) is 12.2 Å². The number of carbonyl (C=O) groups is 2. The Labute approximate surface area is 120 Å². The van der Waals surface area contributed by atoms with Crippen LogP contribution in [0.2, 0.25) is 0 Å². The summed E-state index contributed by atoms with van der Waals surface area (Å²) in [6.45, 7) is 2.32. The maximum atomic E-state index is 11.2. The SMILES string of the molecule is CC(=O)N[C@H]1[C@H]([C@H](O)[C@@H](C)O)OC(O)(C(=O)O)C(N)[C@@H]1O. The van der Waals surface area contributed by atoms with Gasteiger partial charge in [-0.15, -0.1) is 0 Å². The Bertz CT molecular complexity index is 417. The molecule has 0 saturated carbocycles. The summed E-state index contributed by atoms with van der Waals surface area (Å²) < 4.78 is 4.90. The zero-order chi connectivity index (χ0) is 16.5. The fourth-order valence-electron chi connectivity index (χ4n) is 2.16. The van der Waals surface area contributed by atoms with Crippen molar-refractivity contribution in [2.75, 3.05) is 0 Å². The quantitative estimate of drug-likeness (QED) is 0.273. The summed E-state index contributed by atoms with van der Waals surface area (Å²) in [4.78, 5) is 22.3. The maximum absolute atomic E-state index is 11.2. The van der Waals surface area contributed by atoms with Crippen molar-refractivity contribution in [1.82, 2.24) is 5.32 Å². The number of carbonyl (C=O) groups excluding carboxylic acids is 1. The first-order chi connectivity index (χ1) is 9.52. The molecule has 0 aromatic rings. The van der Waals surface area contributed by atoms with Crippen LogP contribution in [0.4, 0.5) is 0 Å². The number of ether oxygens (including phenoxy) is 1. The lowest BCUT2D eigenvalue weighted by Crippen LogP contribution is -2.75. The second kappa shape index (κ2) is 6.22. The van der Waals surface area contributed by atoms with Crippen molar-refractivity contribution in [3.63, 3.8) is 0 Å². The summed E-state index contributed by atoms with van der Waals surface area (Å²) in [6.07, 6.45) is -6.34. The van der Waals surface area contributed by atoms with E-state index in [1.54, 1.807) is 0 Å². The van der Waals surface area contributed by atoms with E-state index in [4.69, 9.17) is 15.6 Å². The number of nitrogens with one attached hydrogen (secondary N) is 1. The molecule has 1 aliphatic rings. The zero-order valence-electron chi connectivity index (χ0n) is 11.5. The third kappa shape index (κ3) is 3.31. The van der Waals surface area contributed by atoms with Gasteiger partial charge >= 0.3 is 5.97 Å². The van der Waals surface area contributed by atoms with Crippen LogP contribution >= 0.6 is 0 Å². The van der Waals surface area contributed by atoms with Gasteiger partial charge in [-0.25, -0.2) is 4.79 Å². The topological polar surface area (TPSA) is 183 Å². The van der Waals surface area contributed by atoms with Crippen molar-refractivity contribution in [3.8, 4) is 0 Å². The molecule has 8 N–H and O–H groups in total. The smallest absolute Gasteiger partial charge is 0.366 e. The summed E-state index contributed by atoms with van der Waals surface area (Å²) in [5.41, 5.74) is 5.46. The fraction of sp³-hybridized carbons (Fsp3) is 0.818. The molecule has 0 aromatic carbocycles. The van der Waals surface area contributed by atoms with E-state index in [1.807, 2.05) is 0 Å². The third-order valence-electron chi connectivity index (χ3n) is 3.36. The Morgan fingerprint density at radius 1 is 1.38 bits per heavy atom. The van der Waals surface area contributed by atoms with Gasteiger partial charge < -0.3 is 41.3 Å². The minimum absolute atomic E-state index is 0.599. The van der Waals surface area contributed by atoms with Gasteiger partial charge in [0, 0.05) is 6.92 Å². The van der Waals surface area contributed by atoms with Crippen LogP contribution in [0.15, 0.2) is 0 Å². The summed E-state index contributed by atoms with van der Waals surface area (Å²) in [5, 5.41) is 50.5. The number of rotatable bonds is 4. The van der Waals surface area contributed by atoms with E-state index < -0.39 is 54.2 Å². The van der Waals surface area contributed by atoms with Crippen molar-refractivity contribution in [2.24, 2.45) is 5.73 Å². The Hall–Kier alpha value is -1.30. The molecule has 1 aliphatic heterocycles. The van der Waals surface area contributed by atoms with Crippen molar-refractivity contribution < 1.29 is 39.9 Å². The van der Waals surface area contributed by atoms with Crippen LogP contribution in [-0.2, 0) is 14.3 Å². The molecule has 0 aliphatic carbocycles. The Kier molecular flexibility index (Phi) is 5.25. The average molecular weight is 308 g/mol. The highest BCUT2D eigenvalue weighted by Gasteiger charge is 2.58. The van der Waals surface area contributed by atoms with E-state index >= 15 is 0 Å². The molecule has 1 saturated heterocycles. The molecule has 0 radical (unpaired) electrons. The number of carboxylic acid groups (broad SMARTS) is 1. The molecule has 0 aromatic heterocycles. The molecule has 10 nitrogen and oxygen atoms in total. The minimum Gasteiger partial charge on any atom is -0.477 e. The van der Waals surface area contributed by atoms with Gasteiger partial charge in [0.15, 0.2) is 0 Å². The van der Waals surface area contributed by atoms with Gasteiger partial charge in [0.05, 0.1) is 24.3 Å². The highest BCUT2D eigenvalue weighted by molar-refractivity contribution is 5.77. The first-order valence-electron chi connectivity index (χ1n) is 6.22. The van der Waals surface area contributed by atoms with Gasteiger partial charge in [-0.2, -0.15) is 0 Å². The van der Waals surface area contributed by atoms with E-state index in [-0.39, 0.29) is 0 Å². The second-order valence-electron chi connectivity index (χ2n) is 5.06. The maximum Gasteiger partial charge on any atom is 0.366 e. The van der Waals surface area contributed by atoms with Crippen LogP contribution in [0.5, 0.6) is 0 Å². The third-order valence-corrected chi connectivity index (χ3v) is 3.36. The molecule has 21 heavy (non-hydrogen) atoms. The summed E-state index contributed by atoms with van der Waals surface area (Å²) in [7, 11) is 0. The molecule has 122 valence electrons. The lowest BCUT2D eigenvalue weighted by molar-refractivity contribution is -0.301. The number of hydrogen-bond donors (Lipinski definition) is 7. The number of aliphatic hydroxyl groups excluding tert-OH is 3. The van der Waals surface area contributed by atoms with E-state index in [0.29, 0.717) is 0 Å². The van der Waals surface area contributed by atoms with Crippen LogP contribution in [0.25, 0.3) is 0 Å². The standard InChI is InChI=1S/C11H20N2O8/c1-3(14)6(16)8-5(13-4(2)15)7(17)9(12)11(20,21-8)10(18)19/h3,5-9,14,16-17,20H,12H2,1-2H3,(H,13,15)(H,18,19)/t3-,5-,6-,7-,8-,9?,11?/m1/s1. The van der Waals surface area contributed by atoms with Crippen LogP contribution in [0, 0.1) is 0 Å². The van der Waals surface area contributed by atoms with Gasteiger partial charge in [-0.05, 0) is 6.92 Å². The van der Waals surface area contributed by atoms with Crippen molar-refractivity contribution in [3.05, 3.63) is 0 Å². The van der Waals surface area contributed by atoms with E-state index in [2.05, 4.69) is 5.32 Å². The number of carboxylic acids is 1. The predicted molar refractivity (Wildman–Crippen MR) is 66.7 cm³/mol. The monoisotopic (exact) mass is 308 g/mol. The minimum atomic E-state index is -2.96. The first kappa shape index (κ1) is 17.8. The molecule has 0 spiro atoms. The number of aliphatic hydroxyl groups is 4. The average Bonchev–Trinajstić information content (AvgIpc) is 2.37. The molecule has 1 rings (SSSR count). The number of hydrogen-bond acceptors (Lipinski definition) is 8. The molecule has 1 amide bonds. The number of amides is 1. The molecule has 0 bridgehead atoms. The molecular weight excluding hydrogens is 288 g/mol. The van der Waals surface area contributed by atoms with Gasteiger partial charge in [-0.1, -0.05) is 0 Å². The molecule has 2 unspecified atom stereocenters. The van der Waals surface area contributed by atoms with Gasteiger partial charge in [-0.3, -0.25) is 4.79 Å². The molecule has 10 heteroatoms. The zero-order valence-corrected chi connectivity index (χ0v) is 11.5. The lowest BCUT2D eigenvalue weighted by Gasteiger charge is -2.47. The first-order valence-corrected chi connectivity index (χ1v) is 6.22. The van der Waals surface area contributed by atoms with E-state index in [0.717, 1.165) is 6.92 Å². The van der Waals surface area contributed by atoms with Crippen LogP contribution in [0.3, 0.4) is 0 Å². The largest absolute Gasteiger partial charge is 0.477 e. The molecule has 7 atom stereocenters. The number of nitrogens with two attached hydrogens (primary N) is 1. The van der Waals surface area contributed by atoms with Gasteiger partial charge in [0.2, 0.25) is 5.91 Å². The van der Waals surface area contributed by atoms with Gasteiger partial charge in [0.25, 0.3) is 5.79 Å². The van der Waals surface area contributed by atoms with Crippen LogP contribution in [0.1, 0.15) is 13.8 Å². The summed E-state index contributed by atoms with van der Waals surface area (Å²) in [5.74, 6) is -5.42.